The Bertz CT molecular complexity index is 1240. The van der Waals surface area contributed by atoms with E-state index in [1.807, 2.05) is 12.1 Å². The van der Waals surface area contributed by atoms with Crippen molar-refractivity contribution in [3.05, 3.63) is 53.5 Å². The second-order valence-electron chi connectivity index (χ2n) is 10.1. The van der Waals surface area contributed by atoms with Gasteiger partial charge >= 0.3 is 0 Å². The van der Waals surface area contributed by atoms with E-state index in [0.29, 0.717) is 11.6 Å². The largest absolute Gasteiger partial charge is 0.370 e. The molecule has 2 atom stereocenters. The fourth-order valence-electron chi connectivity index (χ4n) is 5.66. The third kappa shape index (κ3) is 3.94. The fraction of sp³-hybridized carbons (Fsp3) is 0.500. The molecule has 2 saturated heterocycles. The number of pyridine rings is 1. The smallest absolute Gasteiger partial charge is 0.101 e. The van der Waals surface area contributed by atoms with Gasteiger partial charge < -0.3 is 14.5 Å². The standard InChI is InChI=1S/C26H31N7O/c1-18-11-32(25-6-5-19(10-27)26-23(25)4-3-8-28-26)16-22(34-18)15-31-13-21(14-31)33-12-20-7-9-30(2)17-24(20)29-33/h3-6,8,12,18,21-22H,7,9,11,13-17H2,1-2H3/t18-,22+/m1/s1. The molecule has 6 rings (SSSR count). The van der Waals surface area contributed by atoms with Crippen molar-refractivity contribution >= 4 is 16.6 Å². The van der Waals surface area contributed by atoms with E-state index in [0.717, 1.165) is 68.8 Å². The van der Waals surface area contributed by atoms with E-state index >= 15 is 0 Å². The van der Waals surface area contributed by atoms with E-state index in [1.54, 1.807) is 6.20 Å². The summed E-state index contributed by atoms with van der Waals surface area (Å²) in [5, 5.41) is 15.4. The lowest BCUT2D eigenvalue weighted by molar-refractivity contribution is -0.0489. The lowest BCUT2D eigenvalue weighted by Gasteiger charge is -2.44. The van der Waals surface area contributed by atoms with Gasteiger partial charge in [-0.15, -0.1) is 0 Å². The highest BCUT2D eigenvalue weighted by Gasteiger charge is 2.34. The van der Waals surface area contributed by atoms with Crippen LogP contribution in [0.3, 0.4) is 0 Å². The van der Waals surface area contributed by atoms with Gasteiger partial charge in [0.15, 0.2) is 0 Å². The van der Waals surface area contributed by atoms with Gasteiger partial charge in [-0.3, -0.25) is 14.6 Å². The van der Waals surface area contributed by atoms with Gasteiger partial charge in [-0.25, -0.2) is 0 Å². The van der Waals surface area contributed by atoms with E-state index < -0.39 is 0 Å². The predicted octanol–water partition coefficient (Wildman–Crippen LogP) is 2.44. The summed E-state index contributed by atoms with van der Waals surface area (Å²) in [7, 11) is 2.17. The summed E-state index contributed by atoms with van der Waals surface area (Å²) < 4.78 is 8.54. The monoisotopic (exact) mass is 457 g/mol. The number of likely N-dealkylation sites (tertiary alicyclic amines) is 1. The highest BCUT2D eigenvalue weighted by Crippen LogP contribution is 2.31. The van der Waals surface area contributed by atoms with Crippen LogP contribution >= 0.6 is 0 Å². The minimum atomic E-state index is 0.145. The van der Waals surface area contributed by atoms with Gasteiger partial charge in [0.05, 0.1) is 35.0 Å². The number of ether oxygens (including phenoxy) is 1. The van der Waals surface area contributed by atoms with Crippen LogP contribution in [0, 0.1) is 11.3 Å². The molecule has 0 bridgehead atoms. The van der Waals surface area contributed by atoms with Gasteiger partial charge in [0.1, 0.15) is 6.07 Å². The van der Waals surface area contributed by atoms with Crippen LogP contribution < -0.4 is 4.90 Å². The molecule has 0 N–H and O–H groups in total. The van der Waals surface area contributed by atoms with Gasteiger partial charge in [0, 0.05) is 69.3 Å². The molecule has 3 aliphatic heterocycles. The topological polar surface area (TPSA) is 73.5 Å². The molecule has 0 spiro atoms. The fourth-order valence-corrected chi connectivity index (χ4v) is 5.66. The molecule has 5 heterocycles. The Hall–Kier alpha value is -2.99. The molecule has 0 aliphatic carbocycles. The zero-order valence-corrected chi connectivity index (χ0v) is 19.9. The number of hydrogen-bond donors (Lipinski definition) is 0. The van der Waals surface area contributed by atoms with Crippen LogP contribution in [0.1, 0.15) is 29.8 Å². The first-order valence-electron chi connectivity index (χ1n) is 12.2. The summed E-state index contributed by atoms with van der Waals surface area (Å²) >= 11 is 0. The molecule has 34 heavy (non-hydrogen) atoms. The molecule has 2 fully saturated rings. The predicted molar refractivity (Wildman–Crippen MR) is 131 cm³/mol. The molecule has 8 heteroatoms. The SMILES string of the molecule is C[C@@H]1CN(c2ccc(C#N)c3ncccc23)C[C@H](CN2CC(n3cc4c(n3)CN(C)CC4)C2)O1. The van der Waals surface area contributed by atoms with Gasteiger partial charge in [-0.05, 0) is 50.2 Å². The summed E-state index contributed by atoms with van der Waals surface area (Å²) in [5.74, 6) is 0. The van der Waals surface area contributed by atoms with Crippen LogP contribution in [0.15, 0.2) is 36.7 Å². The molecule has 3 aliphatic rings. The normalized spacial score (nSPS) is 24.1. The van der Waals surface area contributed by atoms with Crippen molar-refractivity contribution in [1.29, 1.82) is 5.26 Å². The summed E-state index contributed by atoms with van der Waals surface area (Å²) in [5.41, 5.74) is 5.20. The summed E-state index contributed by atoms with van der Waals surface area (Å²) in [4.78, 5) is 11.7. The number of nitriles is 1. The van der Waals surface area contributed by atoms with Gasteiger partial charge in [0.2, 0.25) is 0 Å². The maximum absolute atomic E-state index is 9.48. The average Bonchev–Trinajstić information content (AvgIpc) is 3.22. The van der Waals surface area contributed by atoms with Crippen LogP contribution in [0.5, 0.6) is 0 Å². The molecule has 3 aromatic rings. The quantitative estimate of drug-likeness (QED) is 0.596. The van der Waals surface area contributed by atoms with Crippen molar-refractivity contribution in [2.45, 2.75) is 38.1 Å². The van der Waals surface area contributed by atoms with Crippen molar-refractivity contribution in [1.82, 2.24) is 24.6 Å². The minimum Gasteiger partial charge on any atom is -0.370 e. The molecule has 0 radical (unpaired) electrons. The van der Waals surface area contributed by atoms with Crippen molar-refractivity contribution < 1.29 is 4.74 Å². The van der Waals surface area contributed by atoms with Crippen LogP contribution in [0.25, 0.3) is 10.9 Å². The number of likely N-dealkylation sites (N-methyl/N-ethyl adjacent to an activating group) is 1. The maximum atomic E-state index is 9.48. The van der Waals surface area contributed by atoms with Crippen molar-refractivity contribution in [2.75, 3.05) is 51.2 Å². The number of benzene rings is 1. The van der Waals surface area contributed by atoms with Gasteiger partial charge in [-0.2, -0.15) is 10.4 Å². The Morgan fingerprint density at radius 3 is 2.91 bits per heavy atom. The second-order valence-corrected chi connectivity index (χ2v) is 10.1. The zero-order chi connectivity index (χ0) is 23.2. The first-order chi connectivity index (χ1) is 16.6. The molecule has 0 unspecified atom stereocenters. The molecule has 0 amide bonds. The first kappa shape index (κ1) is 21.5. The molecule has 0 saturated carbocycles. The molecular weight excluding hydrogens is 426 g/mol. The highest BCUT2D eigenvalue weighted by molar-refractivity contribution is 5.95. The van der Waals surface area contributed by atoms with Crippen LogP contribution in [-0.2, 0) is 17.7 Å². The molecule has 176 valence electrons. The number of rotatable bonds is 4. The number of anilines is 1. The Morgan fingerprint density at radius 1 is 1.18 bits per heavy atom. The van der Waals surface area contributed by atoms with Gasteiger partial charge in [-0.1, -0.05) is 0 Å². The second kappa shape index (κ2) is 8.66. The minimum absolute atomic E-state index is 0.145. The molecule has 2 aromatic heterocycles. The summed E-state index contributed by atoms with van der Waals surface area (Å²) in [6.45, 7) is 8.87. The third-order valence-electron chi connectivity index (χ3n) is 7.39. The number of morpholine rings is 1. The number of nitrogens with zero attached hydrogens (tertiary/aromatic N) is 7. The van der Waals surface area contributed by atoms with Crippen molar-refractivity contribution in [3.63, 3.8) is 0 Å². The molecule has 8 nitrogen and oxygen atoms in total. The van der Waals surface area contributed by atoms with Crippen LogP contribution in [-0.4, -0.2) is 83.1 Å². The highest BCUT2D eigenvalue weighted by atomic mass is 16.5. The van der Waals surface area contributed by atoms with E-state index in [2.05, 4.69) is 62.7 Å². The number of aromatic nitrogens is 3. The van der Waals surface area contributed by atoms with Crippen LogP contribution in [0.4, 0.5) is 5.69 Å². The van der Waals surface area contributed by atoms with E-state index in [1.165, 1.54) is 11.3 Å². The summed E-state index contributed by atoms with van der Waals surface area (Å²) in [6.07, 6.45) is 5.42. The summed E-state index contributed by atoms with van der Waals surface area (Å²) in [6, 6.07) is 10.7. The number of hydrogen-bond acceptors (Lipinski definition) is 7. The third-order valence-corrected chi connectivity index (χ3v) is 7.39. The zero-order valence-electron chi connectivity index (χ0n) is 19.9. The Balaban J connectivity index is 1.12. The Labute approximate surface area is 200 Å². The Kier molecular flexibility index (Phi) is 5.48. The maximum Gasteiger partial charge on any atom is 0.101 e. The van der Waals surface area contributed by atoms with E-state index in [-0.39, 0.29) is 12.2 Å². The Morgan fingerprint density at radius 2 is 2.06 bits per heavy atom. The lowest BCUT2D eigenvalue weighted by Crippen LogP contribution is -2.56. The van der Waals surface area contributed by atoms with Crippen LogP contribution in [0.2, 0.25) is 0 Å². The van der Waals surface area contributed by atoms with Crippen molar-refractivity contribution in [2.24, 2.45) is 0 Å². The van der Waals surface area contributed by atoms with E-state index in [9.17, 15) is 5.26 Å². The average molecular weight is 458 g/mol. The van der Waals surface area contributed by atoms with Gasteiger partial charge in [0.25, 0.3) is 0 Å². The number of fused-ring (bicyclic) bond motifs is 2. The van der Waals surface area contributed by atoms with Crippen molar-refractivity contribution in [3.8, 4) is 6.07 Å². The first-order valence-corrected chi connectivity index (χ1v) is 12.2. The lowest BCUT2D eigenvalue weighted by atomic mass is 10.0. The molecular formula is C26H31N7O. The molecule has 1 aromatic carbocycles. The van der Waals surface area contributed by atoms with E-state index in [4.69, 9.17) is 9.84 Å².